The molecule has 0 radical (unpaired) electrons. The summed E-state index contributed by atoms with van der Waals surface area (Å²) in [5.41, 5.74) is 0.442. The summed E-state index contributed by atoms with van der Waals surface area (Å²) in [5, 5.41) is 6.38. The molecule has 4 aromatic rings. The molecule has 9 heteroatoms. The summed E-state index contributed by atoms with van der Waals surface area (Å²) in [7, 11) is 0. The van der Waals surface area contributed by atoms with E-state index in [-0.39, 0.29) is 29.4 Å². The van der Waals surface area contributed by atoms with Crippen molar-refractivity contribution in [3.05, 3.63) is 77.5 Å². The number of benzene rings is 1. The number of alkyl halides is 3. The van der Waals surface area contributed by atoms with Gasteiger partial charge in [-0.2, -0.15) is 18.3 Å². The minimum atomic E-state index is -4.68. The number of carbonyl (C=O) groups excluding carboxylic acids is 1. The first-order chi connectivity index (χ1) is 14.7. The second-order valence-corrected chi connectivity index (χ2v) is 7.36. The Kier molecular flexibility index (Phi) is 5.26. The highest BCUT2D eigenvalue weighted by Gasteiger charge is 2.36. The summed E-state index contributed by atoms with van der Waals surface area (Å²) >= 11 is 0. The van der Waals surface area contributed by atoms with Crippen molar-refractivity contribution in [3.63, 3.8) is 0 Å². The van der Waals surface area contributed by atoms with Gasteiger partial charge in [-0.05, 0) is 29.7 Å². The van der Waals surface area contributed by atoms with Gasteiger partial charge in [0.1, 0.15) is 11.3 Å². The first-order valence-electron chi connectivity index (χ1n) is 9.61. The number of rotatable bonds is 5. The standard InChI is InChI=1S/C22H19F3N4O2/c1-13(2)14-5-7-15(8-6-14)18-10-19(22(23,24)25)29-20(28-18)17(12-27-29)21(30)26-11-16-4-3-9-31-16/h3-10,12-13H,11H2,1-2H3,(H,26,30). The van der Waals surface area contributed by atoms with Gasteiger partial charge in [-0.15, -0.1) is 0 Å². The van der Waals surface area contributed by atoms with Gasteiger partial charge in [0.25, 0.3) is 5.91 Å². The molecule has 31 heavy (non-hydrogen) atoms. The van der Waals surface area contributed by atoms with E-state index >= 15 is 0 Å². The van der Waals surface area contributed by atoms with Crippen LogP contribution in [0, 0.1) is 0 Å². The number of fused-ring (bicyclic) bond motifs is 1. The number of furan rings is 1. The van der Waals surface area contributed by atoms with Gasteiger partial charge in [-0.3, -0.25) is 4.79 Å². The SMILES string of the molecule is CC(C)c1ccc(-c2cc(C(F)(F)F)n3ncc(C(=O)NCc4ccco4)c3n2)cc1. The van der Waals surface area contributed by atoms with Crippen molar-refractivity contribution < 1.29 is 22.4 Å². The predicted molar refractivity (Wildman–Crippen MR) is 107 cm³/mol. The van der Waals surface area contributed by atoms with Crippen molar-refractivity contribution in [2.75, 3.05) is 0 Å². The van der Waals surface area contributed by atoms with Crippen LogP contribution in [0.3, 0.4) is 0 Å². The Labute approximate surface area is 175 Å². The van der Waals surface area contributed by atoms with E-state index in [1.807, 2.05) is 26.0 Å². The Morgan fingerprint density at radius 2 is 1.94 bits per heavy atom. The highest BCUT2D eigenvalue weighted by atomic mass is 19.4. The highest BCUT2D eigenvalue weighted by molar-refractivity contribution is 5.99. The second-order valence-electron chi connectivity index (χ2n) is 7.36. The molecule has 1 amide bonds. The molecule has 3 heterocycles. The fourth-order valence-corrected chi connectivity index (χ4v) is 3.19. The zero-order chi connectivity index (χ0) is 22.2. The Balaban J connectivity index is 1.77. The Morgan fingerprint density at radius 1 is 1.19 bits per heavy atom. The van der Waals surface area contributed by atoms with Crippen molar-refractivity contribution in [1.82, 2.24) is 19.9 Å². The van der Waals surface area contributed by atoms with Crippen molar-refractivity contribution in [2.45, 2.75) is 32.5 Å². The van der Waals surface area contributed by atoms with Gasteiger partial charge in [0.05, 0.1) is 24.7 Å². The van der Waals surface area contributed by atoms with Crippen LogP contribution in [0.4, 0.5) is 13.2 Å². The maximum Gasteiger partial charge on any atom is 0.433 e. The maximum absolute atomic E-state index is 13.7. The molecule has 0 aliphatic carbocycles. The Bertz CT molecular complexity index is 1210. The van der Waals surface area contributed by atoms with Gasteiger partial charge < -0.3 is 9.73 Å². The van der Waals surface area contributed by atoms with E-state index in [4.69, 9.17) is 4.42 Å². The maximum atomic E-state index is 13.7. The molecule has 6 nitrogen and oxygen atoms in total. The largest absolute Gasteiger partial charge is 0.467 e. The molecular weight excluding hydrogens is 409 g/mol. The molecule has 1 N–H and O–H groups in total. The first kappa shape index (κ1) is 20.6. The number of nitrogens with one attached hydrogen (secondary N) is 1. The van der Waals surface area contributed by atoms with E-state index in [1.165, 1.54) is 6.26 Å². The van der Waals surface area contributed by atoms with E-state index in [0.717, 1.165) is 17.8 Å². The third-order valence-electron chi connectivity index (χ3n) is 4.88. The van der Waals surface area contributed by atoms with Crippen molar-refractivity contribution in [2.24, 2.45) is 0 Å². The Morgan fingerprint density at radius 3 is 2.55 bits per heavy atom. The third-order valence-corrected chi connectivity index (χ3v) is 4.88. The normalized spacial score (nSPS) is 11.9. The van der Waals surface area contributed by atoms with Crippen molar-refractivity contribution >= 4 is 11.6 Å². The molecule has 0 unspecified atom stereocenters. The van der Waals surface area contributed by atoms with Gasteiger partial charge >= 0.3 is 6.18 Å². The van der Waals surface area contributed by atoms with Crippen LogP contribution in [0.1, 0.15) is 47.1 Å². The molecule has 0 bridgehead atoms. The monoisotopic (exact) mass is 428 g/mol. The quantitative estimate of drug-likeness (QED) is 0.482. The fraction of sp³-hybridized carbons (Fsp3) is 0.227. The predicted octanol–water partition coefficient (Wildman–Crippen LogP) is 5.06. The number of hydrogen-bond acceptors (Lipinski definition) is 4. The average Bonchev–Trinajstić information content (AvgIpc) is 3.40. The highest BCUT2D eigenvalue weighted by Crippen LogP contribution is 2.33. The van der Waals surface area contributed by atoms with Crippen LogP contribution >= 0.6 is 0 Å². The topological polar surface area (TPSA) is 72.4 Å². The van der Waals surface area contributed by atoms with E-state index < -0.39 is 17.8 Å². The van der Waals surface area contributed by atoms with Gasteiger partial charge in [0, 0.05) is 5.56 Å². The van der Waals surface area contributed by atoms with Crippen LogP contribution in [-0.4, -0.2) is 20.5 Å². The van der Waals surface area contributed by atoms with Crippen molar-refractivity contribution in [3.8, 4) is 11.3 Å². The van der Waals surface area contributed by atoms with Crippen LogP contribution in [-0.2, 0) is 12.7 Å². The van der Waals surface area contributed by atoms with Crippen LogP contribution in [0.5, 0.6) is 0 Å². The molecule has 0 atom stereocenters. The minimum Gasteiger partial charge on any atom is -0.467 e. The Hall–Kier alpha value is -3.62. The van der Waals surface area contributed by atoms with Crippen LogP contribution in [0.15, 0.2) is 59.3 Å². The van der Waals surface area contributed by atoms with Gasteiger partial charge in [-0.25, -0.2) is 9.50 Å². The van der Waals surface area contributed by atoms with Gasteiger partial charge in [0.15, 0.2) is 11.3 Å². The summed E-state index contributed by atoms with van der Waals surface area (Å²) in [6.45, 7) is 4.15. The van der Waals surface area contributed by atoms with Crippen LogP contribution < -0.4 is 5.32 Å². The lowest BCUT2D eigenvalue weighted by Gasteiger charge is -2.12. The molecule has 0 spiro atoms. The molecule has 0 aliphatic rings. The average molecular weight is 428 g/mol. The smallest absolute Gasteiger partial charge is 0.433 e. The molecule has 0 fully saturated rings. The third kappa shape index (κ3) is 4.16. The second kappa shape index (κ2) is 7.90. The zero-order valence-corrected chi connectivity index (χ0v) is 16.8. The fourth-order valence-electron chi connectivity index (χ4n) is 3.19. The number of aromatic nitrogens is 3. The number of halogens is 3. The number of amides is 1. The number of hydrogen-bond donors (Lipinski definition) is 1. The summed E-state index contributed by atoms with van der Waals surface area (Å²) in [5.74, 6) is 0.202. The molecule has 4 rings (SSSR count). The molecular formula is C22H19F3N4O2. The first-order valence-corrected chi connectivity index (χ1v) is 9.61. The lowest BCUT2D eigenvalue weighted by molar-refractivity contribution is -0.142. The zero-order valence-electron chi connectivity index (χ0n) is 16.8. The van der Waals surface area contributed by atoms with Crippen molar-refractivity contribution in [1.29, 1.82) is 0 Å². The van der Waals surface area contributed by atoms with Gasteiger partial charge in [0.2, 0.25) is 0 Å². The van der Waals surface area contributed by atoms with Crippen LogP contribution in [0.2, 0.25) is 0 Å². The molecule has 160 valence electrons. The summed E-state index contributed by atoms with van der Waals surface area (Å²) in [6, 6.07) is 11.4. The van der Waals surface area contributed by atoms with E-state index in [1.54, 1.807) is 24.3 Å². The minimum absolute atomic E-state index is 0.0577. The molecule has 0 saturated carbocycles. The van der Waals surface area contributed by atoms with Crippen LogP contribution in [0.25, 0.3) is 16.9 Å². The molecule has 0 aliphatic heterocycles. The lowest BCUT2D eigenvalue weighted by atomic mass is 10.0. The van der Waals surface area contributed by atoms with E-state index in [2.05, 4.69) is 15.4 Å². The van der Waals surface area contributed by atoms with Gasteiger partial charge in [-0.1, -0.05) is 38.1 Å². The molecule has 0 saturated heterocycles. The number of carbonyl (C=O) groups is 1. The van der Waals surface area contributed by atoms with E-state index in [0.29, 0.717) is 15.8 Å². The summed E-state index contributed by atoms with van der Waals surface area (Å²) < 4.78 is 47.0. The molecule has 3 aromatic heterocycles. The number of nitrogens with zero attached hydrogens (tertiary/aromatic N) is 3. The molecule has 1 aromatic carbocycles. The van der Waals surface area contributed by atoms with E-state index in [9.17, 15) is 18.0 Å². The summed E-state index contributed by atoms with van der Waals surface area (Å²) in [6.07, 6.45) is -2.13. The summed E-state index contributed by atoms with van der Waals surface area (Å²) in [4.78, 5) is 17.0. The lowest BCUT2D eigenvalue weighted by Crippen LogP contribution is -2.23.